The van der Waals surface area contributed by atoms with Crippen molar-refractivity contribution in [3.05, 3.63) is 42.2 Å². The summed E-state index contributed by atoms with van der Waals surface area (Å²) in [6.07, 6.45) is 0.563. The second-order valence-corrected chi connectivity index (χ2v) is 5.60. The summed E-state index contributed by atoms with van der Waals surface area (Å²) in [6, 6.07) is 8.58. The first-order valence-corrected chi connectivity index (χ1v) is 7.57. The van der Waals surface area contributed by atoms with E-state index in [0.717, 1.165) is 0 Å². The Kier molecular flexibility index (Phi) is 5.57. The molecule has 2 rings (SSSR count). The summed E-state index contributed by atoms with van der Waals surface area (Å²) >= 11 is 0. The summed E-state index contributed by atoms with van der Waals surface area (Å²) < 4.78 is 12.0. The van der Waals surface area contributed by atoms with Crippen LogP contribution in [0.15, 0.2) is 36.5 Å². The average molecular weight is 331 g/mol. The standard InChI is InChI=1S/C17H21N3O4/c1-11(2)15(24-17(22)13-9-10-18-20(13)3)16(21)19-12-7-5-6-8-14(12)23-4/h5-11,15H,1-4H3,(H,19,21). The Labute approximate surface area is 140 Å². The van der Waals surface area contributed by atoms with Crippen LogP contribution in [0, 0.1) is 5.92 Å². The number of rotatable bonds is 6. The first-order chi connectivity index (χ1) is 11.4. The van der Waals surface area contributed by atoms with Gasteiger partial charge in [-0.05, 0) is 24.1 Å². The van der Waals surface area contributed by atoms with Gasteiger partial charge in [0.05, 0.1) is 12.8 Å². The van der Waals surface area contributed by atoms with Crippen LogP contribution in [0.1, 0.15) is 24.3 Å². The van der Waals surface area contributed by atoms with Crippen molar-refractivity contribution >= 4 is 17.6 Å². The number of nitrogens with one attached hydrogen (secondary N) is 1. The Hall–Kier alpha value is -2.83. The molecule has 1 aromatic heterocycles. The number of anilines is 1. The number of amides is 1. The third-order valence-electron chi connectivity index (χ3n) is 3.49. The van der Waals surface area contributed by atoms with E-state index < -0.39 is 18.0 Å². The lowest BCUT2D eigenvalue weighted by Gasteiger charge is -2.21. The highest BCUT2D eigenvalue weighted by Gasteiger charge is 2.28. The van der Waals surface area contributed by atoms with Crippen molar-refractivity contribution in [2.45, 2.75) is 20.0 Å². The molecule has 1 aromatic carbocycles. The van der Waals surface area contributed by atoms with Crippen molar-refractivity contribution in [1.29, 1.82) is 0 Å². The number of ether oxygens (including phenoxy) is 2. The molecule has 0 saturated carbocycles. The number of methoxy groups -OCH3 is 1. The maximum Gasteiger partial charge on any atom is 0.357 e. The number of aryl methyl sites for hydroxylation is 1. The number of carbonyl (C=O) groups excluding carboxylic acids is 2. The third-order valence-corrected chi connectivity index (χ3v) is 3.49. The van der Waals surface area contributed by atoms with Crippen molar-refractivity contribution in [2.24, 2.45) is 13.0 Å². The van der Waals surface area contributed by atoms with Gasteiger partial charge in [-0.3, -0.25) is 9.48 Å². The van der Waals surface area contributed by atoms with Gasteiger partial charge in [0, 0.05) is 13.2 Å². The van der Waals surface area contributed by atoms with Gasteiger partial charge in [0.2, 0.25) is 0 Å². The van der Waals surface area contributed by atoms with Gasteiger partial charge >= 0.3 is 5.97 Å². The van der Waals surface area contributed by atoms with Crippen LogP contribution in [0.4, 0.5) is 5.69 Å². The fourth-order valence-electron chi connectivity index (χ4n) is 2.19. The van der Waals surface area contributed by atoms with Crippen LogP contribution in [-0.4, -0.2) is 34.9 Å². The molecule has 0 aliphatic carbocycles. The minimum absolute atomic E-state index is 0.197. The monoisotopic (exact) mass is 331 g/mol. The van der Waals surface area contributed by atoms with Crippen molar-refractivity contribution < 1.29 is 19.1 Å². The van der Waals surface area contributed by atoms with Crippen LogP contribution in [0.3, 0.4) is 0 Å². The van der Waals surface area contributed by atoms with Gasteiger partial charge in [-0.2, -0.15) is 5.10 Å². The molecule has 0 fully saturated rings. The summed E-state index contributed by atoms with van der Waals surface area (Å²) in [5, 5.41) is 6.67. The van der Waals surface area contributed by atoms with Gasteiger partial charge in [-0.1, -0.05) is 26.0 Å². The Morgan fingerprint density at radius 3 is 2.50 bits per heavy atom. The van der Waals surface area contributed by atoms with E-state index in [1.807, 2.05) is 13.8 Å². The van der Waals surface area contributed by atoms with Gasteiger partial charge in [0.15, 0.2) is 6.10 Å². The number of carbonyl (C=O) groups is 2. The van der Waals surface area contributed by atoms with Gasteiger partial charge in [0.1, 0.15) is 11.4 Å². The number of para-hydroxylation sites is 2. The second-order valence-electron chi connectivity index (χ2n) is 5.60. The van der Waals surface area contributed by atoms with Crippen molar-refractivity contribution in [1.82, 2.24) is 9.78 Å². The molecule has 0 aliphatic heterocycles. The molecule has 0 radical (unpaired) electrons. The molecule has 1 atom stereocenters. The minimum atomic E-state index is -0.933. The normalized spacial score (nSPS) is 11.9. The zero-order chi connectivity index (χ0) is 17.7. The Balaban J connectivity index is 2.14. The number of esters is 1. The van der Waals surface area contributed by atoms with Crippen molar-refractivity contribution in [3.63, 3.8) is 0 Å². The quantitative estimate of drug-likeness (QED) is 0.821. The number of hydrogen-bond acceptors (Lipinski definition) is 5. The molecule has 0 spiro atoms. The molecule has 1 unspecified atom stereocenters. The van der Waals surface area contributed by atoms with Crippen LogP contribution in [0.5, 0.6) is 5.75 Å². The Morgan fingerprint density at radius 2 is 1.92 bits per heavy atom. The van der Waals surface area contributed by atoms with Crippen LogP contribution in [-0.2, 0) is 16.6 Å². The second kappa shape index (κ2) is 7.63. The zero-order valence-electron chi connectivity index (χ0n) is 14.1. The highest BCUT2D eigenvalue weighted by atomic mass is 16.5. The van der Waals surface area contributed by atoms with Gasteiger partial charge in [0.25, 0.3) is 5.91 Å². The highest BCUT2D eigenvalue weighted by Crippen LogP contribution is 2.24. The molecular formula is C17H21N3O4. The smallest absolute Gasteiger partial charge is 0.357 e. The average Bonchev–Trinajstić information content (AvgIpc) is 2.98. The summed E-state index contributed by atoms with van der Waals surface area (Å²) in [5.74, 6) is -0.669. The molecule has 7 heteroatoms. The fraction of sp³-hybridized carbons (Fsp3) is 0.353. The van der Waals surface area contributed by atoms with Crippen LogP contribution in [0.2, 0.25) is 0 Å². The molecule has 1 heterocycles. The molecular weight excluding hydrogens is 310 g/mol. The lowest BCUT2D eigenvalue weighted by molar-refractivity contribution is -0.126. The SMILES string of the molecule is COc1ccccc1NC(=O)C(OC(=O)c1ccnn1C)C(C)C. The molecule has 0 bridgehead atoms. The van der Waals surface area contributed by atoms with E-state index in [-0.39, 0.29) is 11.6 Å². The fourth-order valence-corrected chi connectivity index (χ4v) is 2.19. The highest BCUT2D eigenvalue weighted by molar-refractivity contribution is 5.98. The molecule has 128 valence electrons. The van der Waals surface area contributed by atoms with Gasteiger partial charge in [-0.15, -0.1) is 0 Å². The Morgan fingerprint density at radius 1 is 1.21 bits per heavy atom. The van der Waals surface area contributed by atoms with E-state index in [0.29, 0.717) is 11.4 Å². The molecule has 1 N–H and O–H groups in total. The molecule has 1 amide bonds. The lowest BCUT2D eigenvalue weighted by atomic mass is 10.1. The van der Waals surface area contributed by atoms with E-state index in [9.17, 15) is 9.59 Å². The largest absolute Gasteiger partial charge is 0.495 e. The van der Waals surface area contributed by atoms with Gasteiger partial charge < -0.3 is 14.8 Å². The summed E-state index contributed by atoms with van der Waals surface area (Å²) in [4.78, 5) is 24.8. The molecule has 24 heavy (non-hydrogen) atoms. The zero-order valence-corrected chi connectivity index (χ0v) is 14.1. The predicted octanol–water partition coefficient (Wildman–Crippen LogP) is 2.25. The van der Waals surface area contributed by atoms with Crippen molar-refractivity contribution in [2.75, 3.05) is 12.4 Å². The summed E-state index contributed by atoms with van der Waals surface area (Å²) in [5.41, 5.74) is 0.804. The molecule has 0 saturated heterocycles. The maximum absolute atomic E-state index is 12.5. The van der Waals surface area contributed by atoms with E-state index in [1.165, 1.54) is 24.1 Å². The predicted molar refractivity (Wildman–Crippen MR) is 88.9 cm³/mol. The number of aromatic nitrogens is 2. The van der Waals surface area contributed by atoms with Crippen molar-refractivity contribution in [3.8, 4) is 5.75 Å². The van der Waals surface area contributed by atoms with Crippen LogP contribution < -0.4 is 10.1 Å². The number of nitrogens with zero attached hydrogens (tertiary/aromatic N) is 2. The third kappa shape index (κ3) is 3.92. The maximum atomic E-state index is 12.5. The van der Waals surface area contributed by atoms with Crippen LogP contribution >= 0.6 is 0 Å². The number of benzene rings is 1. The number of hydrogen-bond donors (Lipinski definition) is 1. The van der Waals surface area contributed by atoms with E-state index in [1.54, 1.807) is 31.3 Å². The minimum Gasteiger partial charge on any atom is -0.495 e. The van der Waals surface area contributed by atoms with E-state index in [2.05, 4.69) is 10.4 Å². The van der Waals surface area contributed by atoms with Gasteiger partial charge in [-0.25, -0.2) is 4.79 Å². The first-order valence-electron chi connectivity index (χ1n) is 7.57. The Bertz CT molecular complexity index is 724. The van der Waals surface area contributed by atoms with E-state index in [4.69, 9.17) is 9.47 Å². The first kappa shape index (κ1) is 17.5. The van der Waals surface area contributed by atoms with Crippen LogP contribution in [0.25, 0.3) is 0 Å². The van der Waals surface area contributed by atoms with E-state index >= 15 is 0 Å². The molecule has 2 aromatic rings. The summed E-state index contributed by atoms with van der Waals surface area (Å²) in [7, 11) is 3.16. The molecule has 0 aliphatic rings. The topological polar surface area (TPSA) is 82.4 Å². The summed E-state index contributed by atoms with van der Waals surface area (Å²) in [6.45, 7) is 3.62. The lowest BCUT2D eigenvalue weighted by Crippen LogP contribution is -2.37. The molecule has 7 nitrogen and oxygen atoms in total.